The third-order valence-corrected chi connectivity index (χ3v) is 7.64. The van der Waals surface area contributed by atoms with Crippen LogP contribution in [0.4, 0.5) is 0 Å². The Bertz CT molecular complexity index is 710. The highest BCUT2D eigenvalue weighted by atomic mass is 16.6. The third-order valence-electron chi connectivity index (χ3n) is 7.64. The van der Waals surface area contributed by atoms with Crippen molar-refractivity contribution in [2.24, 2.45) is 10.8 Å². The van der Waals surface area contributed by atoms with Crippen LogP contribution in [-0.2, 0) is 33.3 Å². The molecular weight excluding hydrogens is 556 g/mol. The average Bonchev–Trinajstić information content (AvgIpc) is 3.02. The van der Waals surface area contributed by atoms with Gasteiger partial charge < -0.3 is 34.3 Å². The van der Waals surface area contributed by atoms with Crippen LogP contribution < -0.4 is 0 Å². The molecule has 0 aromatic heterocycles. The van der Waals surface area contributed by atoms with E-state index in [0.717, 1.165) is 51.4 Å². The van der Waals surface area contributed by atoms with Crippen molar-refractivity contribution in [2.45, 2.75) is 130 Å². The summed E-state index contributed by atoms with van der Waals surface area (Å²) in [5.41, 5.74) is -2.49. The lowest BCUT2D eigenvalue weighted by molar-refractivity contribution is -0.165. The maximum Gasteiger partial charge on any atom is 0.305 e. The molecule has 0 saturated heterocycles. The molecule has 0 aliphatic heterocycles. The van der Waals surface area contributed by atoms with Crippen LogP contribution in [0.25, 0.3) is 0 Å². The zero-order valence-corrected chi connectivity index (χ0v) is 27.4. The number of carbonyl (C=O) groups is 3. The third kappa shape index (κ3) is 20.8. The molecule has 3 N–H and O–H groups in total. The van der Waals surface area contributed by atoms with E-state index in [0.29, 0.717) is 19.3 Å². The Morgan fingerprint density at radius 3 is 1.16 bits per heavy atom. The van der Waals surface area contributed by atoms with Crippen molar-refractivity contribution in [1.29, 1.82) is 0 Å². The quantitative estimate of drug-likeness (QED) is 0.0552. The summed E-state index contributed by atoms with van der Waals surface area (Å²) < 4.78 is 22.1. The Balaban J connectivity index is 5.06. The predicted octanol–water partition coefficient (Wildman–Crippen LogP) is 5.27. The zero-order valence-electron chi connectivity index (χ0n) is 27.4. The van der Waals surface area contributed by atoms with E-state index in [9.17, 15) is 29.7 Å². The van der Waals surface area contributed by atoms with Crippen molar-refractivity contribution in [2.75, 3.05) is 52.9 Å². The molecule has 10 heteroatoms. The Morgan fingerprint density at radius 1 is 0.442 bits per heavy atom. The van der Waals surface area contributed by atoms with Crippen LogP contribution in [0.3, 0.4) is 0 Å². The average molecular weight is 619 g/mol. The first kappa shape index (κ1) is 41.2. The minimum atomic E-state index is -1.26. The second kappa shape index (κ2) is 26.6. The first-order valence-corrected chi connectivity index (χ1v) is 16.6. The molecule has 0 aliphatic carbocycles. The molecule has 0 aliphatic rings. The molecule has 0 radical (unpaired) electrons. The molecule has 1 unspecified atom stereocenters. The normalized spacial score (nSPS) is 13.0. The van der Waals surface area contributed by atoms with Gasteiger partial charge in [0.25, 0.3) is 0 Å². The van der Waals surface area contributed by atoms with Crippen LogP contribution in [0.5, 0.6) is 0 Å². The van der Waals surface area contributed by atoms with Gasteiger partial charge >= 0.3 is 17.9 Å². The lowest BCUT2D eigenvalue weighted by atomic mass is 9.90. The Morgan fingerprint density at radius 2 is 0.767 bits per heavy atom. The minimum absolute atomic E-state index is 0.178. The highest BCUT2D eigenvalue weighted by molar-refractivity contribution is 5.70. The molecule has 0 fully saturated rings. The van der Waals surface area contributed by atoms with Gasteiger partial charge in [-0.3, -0.25) is 14.4 Å². The number of ether oxygens (including phenoxy) is 4. The lowest BCUT2D eigenvalue weighted by Crippen LogP contribution is -2.45. The predicted molar refractivity (Wildman–Crippen MR) is 165 cm³/mol. The number of unbranched alkanes of at least 4 members (excludes halogenated alkanes) is 11. The molecule has 0 rings (SSSR count). The van der Waals surface area contributed by atoms with Crippen LogP contribution in [-0.4, -0.2) is 86.1 Å². The summed E-state index contributed by atoms with van der Waals surface area (Å²) in [6.45, 7) is 3.70. The molecular formula is C33H62O10. The molecule has 0 aromatic rings. The SMILES string of the molecule is CCCCCCCCCC(=O)OCC(CO)(COCC(CO)(CO)COC(=O)CCCCCCC)COC(=O)CCCC. The Hall–Kier alpha value is -1.75. The van der Waals surface area contributed by atoms with Gasteiger partial charge in [0, 0.05) is 19.3 Å². The van der Waals surface area contributed by atoms with Gasteiger partial charge in [-0.2, -0.15) is 0 Å². The monoisotopic (exact) mass is 618 g/mol. The Labute approximate surface area is 260 Å². The largest absolute Gasteiger partial charge is 0.465 e. The van der Waals surface area contributed by atoms with E-state index in [2.05, 4.69) is 13.8 Å². The second-order valence-electron chi connectivity index (χ2n) is 12.1. The van der Waals surface area contributed by atoms with Crippen LogP contribution in [0.2, 0.25) is 0 Å². The maximum absolute atomic E-state index is 12.5. The fourth-order valence-corrected chi connectivity index (χ4v) is 4.36. The molecule has 0 bridgehead atoms. The number of esters is 3. The van der Waals surface area contributed by atoms with E-state index in [4.69, 9.17) is 18.9 Å². The van der Waals surface area contributed by atoms with Gasteiger partial charge in [0.15, 0.2) is 0 Å². The van der Waals surface area contributed by atoms with E-state index in [1.165, 1.54) is 19.3 Å². The molecule has 1 atom stereocenters. The Kier molecular flexibility index (Phi) is 25.6. The second-order valence-corrected chi connectivity index (χ2v) is 12.1. The fraction of sp³-hybridized carbons (Fsp3) is 0.909. The van der Waals surface area contributed by atoms with Crippen molar-refractivity contribution in [3.05, 3.63) is 0 Å². The number of hydrogen-bond acceptors (Lipinski definition) is 10. The number of rotatable bonds is 30. The van der Waals surface area contributed by atoms with E-state index >= 15 is 0 Å². The summed E-state index contributed by atoms with van der Waals surface area (Å²) in [5, 5.41) is 30.4. The van der Waals surface area contributed by atoms with Crippen molar-refractivity contribution < 1.29 is 48.7 Å². The zero-order chi connectivity index (χ0) is 32.2. The van der Waals surface area contributed by atoms with E-state index in [-0.39, 0.29) is 52.3 Å². The first-order valence-electron chi connectivity index (χ1n) is 16.6. The van der Waals surface area contributed by atoms with E-state index < -0.39 is 48.6 Å². The van der Waals surface area contributed by atoms with E-state index in [1.54, 1.807) is 0 Å². The van der Waals surface area contributed by atoms with Crippen molar-refractivity contribution in [3.63, 3.8) is 0 Å². The van der Waals surface area contributed by atoms with Gasteiger partial charge in [-0.05, 0) is 19.3 Å². The summed E-state index contributed by atoms with van der Waals surface area (Å²) in [6, 6.07) is 0. The van der Waals surface area contributed by atoms with Crippen molar-refractivity contribution in [3.8, 4) is 0 Å². The van der Waals surface area contributed by atoms with Crippen LogP contribution in [0, 0.1) is 10.8 Å². The smallest absolute Gasteiger partial charge is 0.305 e. The van der Waals surface area contributed by atoms with Gasteiger partial charge in [-0.25, -0.2) is 0 Å². The van der Waals surface area contributed by atoms with Crippen molar-refractivity contribution in [1.82, 2.24) is 0 Å². The van der Waals surface area contributed by atoms with Gasteiger partial charge in [0.05, 0.1) is 43.9 Å². The molecule has 0 amide bonds. The summed E-state index contributed by atoms with van der Waals surface area (Å²) in [7, 11) is 0. The van der Waals surface area contributed by atoms with Gasteiger partial charge in [0.1, 0.15) is 19.8 Å². The minimum Gasteiger partial charge on any atom is -0.465 e. The highest BCUT2D eigenvalue weighted by Gasteiger charge is 2.37. The first-order chi connectivity index (χ1) is 20.8. The maximum atomic E-state index is 12.5. The van der Waals surface area contributed by atoms with Crippen LogP contribution in [0.1, 0.15) is 130 Å². The summed E-state index contributed by atoms with van der Waals surface area (Å²) in [4.78, 5) is 36.9. The summed E-state index contributed by atoms with van der Waals surface area (Å²) >= 11 is 0. The summed E-state index contributed by atoms with van der Waals surface area (Å²) in [6.07, 6.45) is 14.7. The topological polar surface area (TPSA) is 149 Å². The number of carbonyl (C=O) groups excluding carboxylic acids is 3. The van der Waals surface area contributed by atoms with Gasteiger partial charge in [0.2, 0.25) is 0 Å². The molecule has 0 spiro atoms. The molecule has 0 heterocycles. The molecule has 10 nitrogen and oxygen atoms in total. The van der Waals surface area contributed by atoms with Gasteiger partial charge in [-0.15, -0.1) is 0 Å². The highest BCUT2D eigenvalue weighted by Crippen LogP contribution is 2.24. The molecule has 43 heavy (non-hydrogen) atoms. The number of hydrogen-bond donors (Lipinski definition) is 3. The standard InChI is InChI=1S/C33H62O10/c1-4-7-10-12-13-15-17-20-31(39)43-28-33(23-36,27-42-29(37)18-9-6-3)25-40-24-32(21-34,22-35)26-41-30(38)19-16-14-11-8-5-2/h34-36H,4-28H2,1-3H3. The summed E-state index contributed by atoms with van der Waals surface area (Å²) in [5.74, 6) is -1.22. The number of aliphatic hydroxyl groups excluding tert-OH is 3. The number of aliphatic hydroxyl groups is 3. The van der Waals surface area contributed by atoms with Gasteiger partial charge in [-0.1, -0.05) is 91.4 Å². The van der Waals surface area contributed by atoms with Crippen molar-refractivity contribution >= 4 is 17.9 Å². The molecule has 0 aromatic carbocycles. The van der Waals surface area contributed by atoms with Crippen LogP contribution in [0.15, 0.2) is 0 Å². The molecule has 254 valence electrons. The van der Waals surface area contributed by atoms with E-state index in [1.807, 2.05) is 6.92 Å². The fourth-order valence-electron chi connectivity index (χ4n) is 4.36. The molecule has 0 saturated carbocycles. The lowest BCUT2D eigenvalue weighted by Gasteiger charge is -2.34. The van der Waals surface area contributed by atoms with Crippen LogP contribution >= 0.6 is 0 Å².